The molecule has 0 bridgehead atoms. The van der Waals surface area contributed by atoms with Gasteiger partial charge in [0, 0.05) is 22.3 Å². The van der Waals surface area contributed by atoms with Gasteiger partial charge in [-0.15, -0.1) is 11.3 Å². The second kappa shape index (κ2) is 4.81. The van der Waals surface area contributed by atoms with Crippen LogP contribution in [0.15, 0.2) is 42.6 Å². The number of benzene rings is 1. The smallest absolute Gasteiger partial charge is 0.117 e. The summed E-state index contributed by atoms with van der Waals surface area (Å²) in [6.07, 6.45) is 1.83. The molecule has 0 fully saturated rings. The Hall–Kier alpha value is -1.81. The number of para-hydroxylation sites is 1. The van der Waals surface area contributed by atoms with Crippen molar-refractivity contribution in [1.29, 1.82) is 0 Å². The Morgan fingerprint density at radius 2 is 2.25 bits per heavy atom. The first-order valence-corrected chi connectivity index (χ1v) is 5.74. The predicted molar refractivity (Wildman–Crippen MR) is 67.5 cm³/mol. The van der Waals surface area contributed by atoms with Gasteiger partial charge in [-0.3, -0.25) is 4.98 Å². The van der Waals surface area contributed by atoms with E-state index in [2.05, 4.69) is 16.9 Å². The van der Waals surface area contributed by atoms with E-state index in [4.69, 9.17) is 0 Å². The Morgan fingerprint density at radius 1 is 1.44 bits per heavy atom. The van der Waals surface area contributed by atoms with Crippen LogP contribution in [0.3, 0.4) is 0 Å². The minimum absolute atomic E-state index is 0.0763. The van der Waals surface area contributed by atoms with E-state index in [1.165, 1.54) is 0 Å². The lowest BCUT2D eigenvalue weighted by molar-refractivity contribution is 0.514. The first kappa shape index (κ1) is 10.7. The van der Waals surface area contributed by atoms with Crippen LogP contribution >= 0.6 is 11.3 Å². The molecule has 2 rings (SSSR count). The van der Waals surface area contributed by atoms with Crippen molar-refractivity contribution in [2.45, 2.75) is 6.54 Å². The summed E-state index contributed by atoms with van der Waals surface area (Å²) in [5.41, 5.74) is 3.41. The number of aliphatic hydroxyl groups is 1. The van der Waals surface area contributed by atoms with Crippen LogP contribution in [0.2, 0.25) is 0 Å². The van der Waals surface area contributed by atoms with Gasteiger partial charge in [-0.05, 0) is 12.1 Å². The monoisotopic (exact) mass is 232 g/mol. The number of anilines is 1. The molecule has 0 atom stereocenters. The fourth-order valence-corrected chi connectivity index (χ4v) is 1.94. The molecule has 1 aromatic carbocycles. The highest BCUT2D eigenvalue weighted by Gasteiger charge is 2.03. The summed E-state index contributed by atoms with van der Waals surface area (Å²) >= 11 is 1.60. The third-order valence-corrected chi connectivity index (χ3v) is 2.95. The van der Waals surface area contributed by atoms with Crippen molar-refractivity contribution in [2.24, 2.45) is 0 Å². The lowest BCUT2D eigenvalue weighted by Crippen LogP contribution is -2.00. The number of hydrogen-bond donors (Lipinski definition) is 2. The van der Waals surface area contributed by atoms with Crippen LogP contribution in [-0.2, 0) is 6.54 Å². The number of aromatic nitrogens is 1. The topological polar surface area (TPSA) is 45.1 Å². The molecular weight excluding hydrogens is 220 g/mol. The van der Waals surface area contributed by atoms with Gasteiger partial charge in [-0.1, -0.05) is 18.7 Å². The van der Waals surface area contributed by atoms with Gasteiger partial charge in [0.1, 0.15) is 5.76 Å². The van der Waals surface area contributed by atoms with E-state index < -0.39 is 0 Å². The molecule has 2 N–H and O–H groups in total. The summed E-state index contributed by atoms with van der Waals surface area (Å²) in [6.45, 7) is 4.24. The van der Waals surface area contributed by atoms with E-state index in [9.17, 15) is 5.11 Å². The summed E-state index contributed by atoms with van der Waals surface area (Å²) in [5, 5.41) is 12.7. The van der Waals surface area contributed by atoms with Crippen LogP contribution in [0.1, 0.15) is 10.4 Å². The number of rotatable bonds is 4. The van der Waals surface area contributed by atoms with E-state index in [-0.39, 0.29) is 5.76 Å². The molecule has 2 aromatic rings. The van der Waals surface area contributed by atoms with E-state index in [1.807, 2.05) is 30.5 Å². The highest BCUT2D eigenvalue weighted by molar-refractivity contribution is 7.09. The Balaban J connectivity index is 2.12. The first-order chi connectivity index (χ1) is 7.77. The van der Waals surface area contributed by atoms with Gasteiger partial charge < -0.3 is 10.4 Å². The number of thiazole rings is 1. The molecule has 0 aliphatic heterocycles. The molecule has 0 aliphatic carbocycles. The zero-order valence-corrected chi connectivity index (χ0v) is 9.50. The number of hydrogen-bond acceptors (Lipinski definition) is 4. The fraction of sp³-hybridized carbons (Fsp3) is 0.0833. The van der Waals surface area contributed by atoms with Crippen LogP contribution < -0.4 is 5.32 Å². The van der Waals surface area contributed by atoms with Crippen LogP contribution in [0.4, 0.5) is 5.69 Å². The standard InChI is InChI=1S/C12H12N2OS/c1-9(15)11-4-2-3-5-12(11)14-7-10-6-13-8-16-10/h2-6,8,14-15H,1,7H2. The van der Waals surface area contributed by atoms with Crippen molar-refractivity contribution in [3.63, 3.8) is 0 Å². The lowest BCUT2D eigenvalue weighted by atomic mass is 10.1. The molecule has 16 heavy (non-hydrogen) atoms. The highest BCUT2D eigenvalue weighted by atomic mass is 32.1. The minimum atomic E-state index is 0.0763. The lowest BCUT2D eigenvalue weighted by Gasteiger charge is -2.09. The van der Waals surface area contributed by atoms with E-state index in [0.717, 1.165) is 16.1 Å². The van der Waals surface area contributed by atoms with Crippen molar-refractivity contribution in [3.8, 4) is 0 Å². The SMILES string of the molecule is C=C(O)c1ccccc1NCc1cncs1. The van der Waals surface area contributed by atoms with E-state index >= 15 is 0 Å². The van der Waals surface area contributed by atoms with Crippen molar-refractivity contribution >= 4 is 22.8 Å². The maximum absolute atomic E-state index is 9.42. The molecule has 0 saturated carbocycles. The quantitative estimate of drug-likeness (QED) is 0.795. The molecule has 3 nitrogen and oxygen atoms in total. The molecule has 0 aliphatic rings. The zero-order valence-electron chi connectivity index (χ0n) is 8.68. The van der Waals surface area contributed by atoms with E-state index in [1.54, 1.807) is 16.8 Å². The summed E-state index contributed by atoms with van der Waals surface area (Å²) in [6, 6.07) is 7.53. The Kier molecular flexibility index (Phi) is 3.22. The number of nitrogens with zero attached hydrogens (tertiary/aromatic N) is 1. The second-order valence-electron chi connectivity index (χ2n) is 3.31. The fourth-order valence-electron chi connectivity index (χ4n) is 1.40. The molecule has 0 radical (unpaired) electrons. The van der Waals surface area contributed by atoms with Crippen LogP contribution in [0.25, 0.3) is 5.76 Å². The maximum Gasteiger partial charge on any atom is 0.117 e. The van der Waals surface area contributed by atoms with Crippen LogP contribution in [0.5, 0.6) is 0 Å². The Morgan fingerprint density at radius 3 is 2.94 bits per heavy atom. The predicted octanol–water partition coefficient (Wildman–Crippen LogP) is 3.28. The van der Waals surface area contributed by atoms with Gasteiger partial charge in [0.25, 0.3) is 0 Å². The molecule has 0 unspecified atom stereocenters. The molecular formula is C12H12N2OS. The summed E-state index contributed by atoms with van der Waals surface area (Å²) in [5.74, 6) is 0.0763. The first-order valence-electron chi connectivity index (χ1n) is 4.86. The molecule has 82 valence electrons. The van der Waals surface area contributed by atoms with Crippen molar-refractivity contribution in [2.75, 3.05) is 5.32 Å². The normalized spacial score (nSPS) is 10.0. The van der Waals surface area contributed by atoms with Crippen LogP contribution in [-0.4, -0.2) is 10.1 Å². The Bertz CT molecular complexity index is 480. The van der Waals surface area contributed by atoms with Gasteiger partial charge in [0.05, 0.1) is 12.1 Å². The average Bonchev–Trinajstić information content (AvgIpc) is 2.79. The largest absolute Gasteiger partial charge is 0.508 e. The number of nitrogens with one attached hydrogen (secondary N) is 1. The van der Waals surface area contributed by atoms with Gasteiger partial charge in [0.2, 0.25) is 0 Å². The zero-order chi connectivity index (χ0) is 11.4. The third kappa shape index (κ3) is 2.41. The molecule has 0 spiro atoms. The summed E-state index contributed by atoms with van der Waals surface area (Å²) in [7, 11) is 0. The summed E-state index contributed by atoms with van der Waals surface area (Å²) < 4.78 is 0. The van der Waals surface area contributed by atoms with Crippen molar-refractivity contribution < 1.29 is 5.11 Å². The molecule has 4 heteroatoms. The highest BCUT2D eigenvalue weighted by Crippen LogP contribution is 2.21. The summed E-state index contributed by atoms with van der Waals surface area (Å²) in [4.78, 5) is 5.15. The number of aliphatic hydroxyl groups excluding tert-OH is 1. The molecule has 0 saturated heterocycles. The molecule has 1 aromatic heterocycles. The minimum Gasteiger partial charge on any atom is -0.508 e. The van der Waals surface area contributed by atoms with Gasteiger partial charge >= 0.3 is 0 Å². The van der Waals surface area contributed by atoms with Crippen molar-refractivity contribution in [3.05, 3.63) is 53.0 Å². The maximum atomic E-state index is 9.42. The Labute approximate surface area is 98.1 Å². The van der Waals surface area contributed by atoms with Gasteiger partial charge in [-0.25, -0.2) is 0 Å². The molecule has 1 heterocycles. The van der Waals surface area contributed by atoms with E-state index in [0.29, 0.717) is 6.54 Å². The average molecular weight is 232 g/mol. The van der Waals surface area contributed by atoms with Gasteiger partial charge in [-0.2, -0.15) is 0 Å². The second-order valence-corrected chi connectivity index (χ2v) is 4.28. The van der Waals surface area contributed by atoms with Crippen molar-refractivity contribution in [1.82, 2.24) is 4.98 Å². The molecule has 0 amide bonds. The third-order valence-electron chi connectivity index (χ3n) is 2.17. The van der Waals surface area contributed by atoms with Gasteiger partial charge in [0.15, 0.2) is 0 Å². The van der Waals surface area contributed by atoms with Crippen LogP contribution in [0, 0.1) is 0 Å².